The van der Waals surface area contributed by atoms with Gasteiger partial charge in [0.15, 0.2) is 0 Å². The van der Waals surface area contributed by atoms with Crippen LogP contribution in [0.15, 0.2) is 6.20 Å². The van der Waals surface area contributed by atoms with E-state index in [-0.39, 0.29) is 0 Å². The molecule has 0 radical (unpaired) electrons. The van der Waals surface area contributed by atoms with Crippen molar-refractivity contribution in [2.75, 3.05) is 11.6 Å². The fraction of sp³-hybridized carbons (Fsp3) is 0.250. The summed E-state index contributed by atoms with van der Waals surface area (Å²) < 4.78 is 0. The number of hydrogen-bond acceptors (Lipinski definition) is 3. The second-order valence-corrected chi connectivity index (χ2v) is 1.68. The van der Waals surface area contributed by atoms with Gasteiger partial charge in [-0.25, -0.2) is 0 Å². The molecule has 0 unspecified atom stereocenters. The first-order valence-electron chi connectivity index (χ1n) is 2.27. The van der Waals surface area contributed by atoms with E-state index in [0.29, 0.717) is 5.82 Å². The van der Waals surface area contributed by atoms with Crippen molar-refractivity contribution >= 4 is 5.82 Å². The Labute approximate surface area is 47.1 Å². The topological polar surface area (TPSA) is 69.9 Å². The lowest BCUT2D eigenvalue weighted by molar-refractivity contribution is 0.836. The molecular weight excluding hydrogens is 104 g/mol. The first-order chi connectivity index (χ1) is 3.70. The van der Waals surface area contributed by atoms with Crippen LogP contribution in [0.4, 0.5) is 5.82 Å². The van der Waals surface area contributed by atoms with Crippen LogP contribution in [-0.4, -0.2) is 9.89 Å². The smallest absolute Gasteiger partial charge is 0.150 e. The maximum Gasteiger partial charge on any atom is 0.150 e. The summed E-state index contributed by atoms with van der Waals surface area (Å²) in [4.78, 5) is 1.20. The highest BCUT2D eigenvalue weighted by Crippen LogP contribution is 2.02. The molecule has 0 saturated heterocycles. The van der Waals surface area contributed by atoms with Crippen LogP contribution in [0.25, 0.3) is 0 Å². The van der Waals surface area contributed by atoms with Gasteiger partial charge in [-0.2, -0.15) is 4.79 Å². The van der Waals surface area contributed by atoms with Gasteiger partial charge in [0.2, 0.25) is 0 Å². The molecule has 4 heteroatoms. The van der Waals surface area contributed by atoms with Gasteiger partial charge in [-0.05, 0) is 6.92 Å². The average molecular weight is 112 g/mol. The zero-order valence-corrected chi connectivity index (χ0v) is 4.63. The molecule has 0 aliphatic heterocycles. The molecule has 0 aromatic carbocycles. The number of nitrogen functional groups attached to an aromatic ring is 2. The van der Waals surface area contributed by atoms with Crippen LogP contribution in [0.2, 0.25) is 0 Å². The summed E-state index contributed by atoms with van der Waals surface area (Å²) in [5, 5.41) is 3.68. The molecule has 4 N–H and O–H groups in total. The van der Waals surface area contributed by atoms with Crippen LogP contribution in [-0.2, 0) is 0 Å². The maximum absolute atomic E-state index is 5.33. The van der Waals surface area contributed by atoms with E-state index < -0.39 is 0 Å². The van der Waals surface area contributed by atoms with Gasteiger partial charge in [-0.1, -0.05) is 0 Å². The van der Waals surface area contributed by atoms with E-state index >= 15 is 0 Å². The maximum atomic E-state index is 5.33. The average Bonchev–Trinajstić information content (AvgIpc) is 1.85. The third kappa shape index (κ3) is 0.598. The predicted octanol–water partition coefficient (Wildman–Crippen LogP) is -0.512. The summed E-state index contributed by atoms with van der Waals surface area (Å²) >= 11 is 0. The van der Waals surface area contributed by atoms with Gasteiger partial charge in [0.05, 0.1) is 6.20 Å². The minimum atomic E-state index is 0.493. The molecular formula is C4H8N4. The molecule has 0 bridgehead atoms. The van der Waals surface area contributed by atoms with E-state index in [9.17, 15) is 0 Å². The first kappa shape index (κ1) is 4.96. The number of nitrogens with two attached hydrogens (primary N) is 2. The Bertz CT molecular complexity index is 170. The van der Waals surface area contributed by atoms with E-state index in [4.69, 9.17) is 11.6 Å². The van der Waals surface area contributed by atoms with E-state index in [1.165, 1.54) is 4.79 Å². The van der Waals surface area contributed by atoms with Crippen LogP contribution in [0.1, 0.15) is 5.56 Å². The number of aryl methyl sites for hydroxylation is 1. The number of anilines is 1. The molecule has 0 saturated carbocycles. The molecule has 8 heavy (non-hydrogen) atoms. The lowest BCUT2D eigenvalue weighted by Crippen LogP contribution is -2.08. The highest BCUT2D eigenvalue weighted by Gasteiger charge is 1.94. The monoisotopic (exact) mass is 112 g/mol. The fourth-order valence-corrected chi connectivity index (χ4v) is 0.497. The molecule has 1 aromatic rings. The summed E-state index contributed by atoms with van der Waals surface area (Å²) in [7, 11) is 0. The number of rotatable bonds is 0. The molecule has 0 amide bonds. The van der Waals surface area contributed by atoms with Crippen molar-refractivity contribution < 1.29 is 0 Å². The molecule has 0 aliphatic rings. The summed E-state index contributed by atoms with van der Waals surface area (Å²) in [6.07, 6.45) is 1.66. The quantitative estimate of drug-likeness (QED) is 0.444. The minimum absolute atomic E-state index is 0.493. The molecule has 0 fully saturated rings. The van der Waals surface area contributed by atoms with Gasteiger partial charge in [0.1, 0.15) is 5.82 Å². The lowest BCUT2D eigenvalue weighted by atomic mass is 10.4. The Morgan fingerprint density at radius 3 is 2.50 bits per heavy atom. The number of hydrogen-bond donors (Lipinski definition) is 2. The third-order valence-electron chi connectivity index (χ3n) is 0.953. The second kappa shape index (κ2) is 1.40. The highest BCUT2D eigenvalue weighted by atomic mass is 15.5. The molecule has 4 nitrogen and oxygen atoms in total. The zero-order chi connectivity index (χ0) is 6.15. The van der Waals surface area contributed by atoms with Gasteiger partial charge in [0, 0.05) is 5.56 Å². The van der Waals surface area contributed by atoms with Gasteiger partial charge >= 0.3 is 0 Å². The van der Waals surface area contributed by atoms with E-state index in [1.807, 2.05) is 6.92 Å². The molecule has 0 spiro atoms. The molecule has 0 aliphatic carbocycles. The summed E-state index contributed by atoms with van der Waals surface area (Å²) in [5.41, 5.74) is 6.24. The Balaban J connectivity index is 3.14. The summed E-state index contributed by atoms with van der Waals surface area (Å²) in [5.74, 6) is 5.70. The molecule has 1 rings (SSSR count). The lowest BCUT2D eigenvalue weighted by Gasteiger charge is -1.81. The van der Waals surface area contributed by atoms with Gasteiger partial charge < -0.3 is 11.6 Å². The molecule has 44 valence electrons. The van der Waals surface area contributed by atoms with Crippen LogP contribution in [0.3, 0.4) is 0 Å². The Hall–Kier alpha value is -1.19. The van der Waals surface area contributed by atoms with Crippen molar-refractivity contribution in [3.05, 3.63) is 11.8 Å². The van der Waals surface area contributed by atoms with Crippen molar-refractivity contribution in [2.24, 2.45) is 0 Å². The van der Waals surface area contributed by atoms with E-state index in [1.54, 1.807) is 6.20 Å². The van der Waals surface area contributed by atoms with Crippen molar-refractivity contribution in [3.63, 3.8) is 0 Å². The van der Waals surface area contributed by atoms with Crippen LogP contribution in [0.5, 0.6) is 0 Å². The third-order valence-corrected chi connectivity index (χ3v) is 0.953. The van der Waals surface area contributed by atoms with E-state index in [0.717, 1.165) is 5.56 Å². The number of aromatic nitrogens is 2. The Morgan fingerprint density at radius 2 is 2.38 bits per heavy atom. The molecule has 0 atom stereocenters. The Morgan fingerprint density at radius 1 is 1.75 bits per heavy atom. The summed E-state index contributed by atoms with van der Waals surface area (Å²) in [6.45, 7) is 1.85. The van der Waals surface area contributed by atoms with Crippen molar-refractivity contribution in [1.29, 1.82) is 0 Å². The second-order valence-electron chi connectivity index (χ2n) is 1.68. The summed E-state index contributed by atoms with van der Waals surface area (Å²) in [6, 6.07) is 0. The standard InChI is InChI=1S/C4H8N4/c1-3-2-8(6)7-4(3)5/h2H,6H2,1H3,(H2,5,7). The normalized spacial score (nSPS) is 9.62. The van der Waals surface area contributed by atoms with Crippen molar-refractivity contribution in [2.45, 2.75) is 6.92 Å². The van der Waals surface area contributed by atoms with Gasteiger partial charge in [0.25, 0.3) is 0 Å². The van der Waals surface area contributed by atoms with Gasteiger partial charge in [-0.15, -0.1) is 5.10 Å². The number of nitrogens with zero attached hydrogens (tertiary/aromatic N) is 2. The Kier molecular flexibility index (Phi) is 0.865. The van der Waals surface area contributed by atoms with E-state index in [2.05, 4.69) is 5.10 Å². The van der Waals surface area contributed by atoms with Crippen LogP contribution >= 0.6 is 0 Å². The minimum Gasteiger partial charge on any atom is -0.382 e. The largest absolute Gasteiger partial charge is 0.382 e. The SMILES string of the molecule is Cc1cn(N)nc1N. The highest BCUT2D eigenvalue weighted by molar-refractivity contribution is 5.35. The predicted molar refractivity (Wildman–Crippen MR) is 31.5 cm³/mol. The molecule has 1 aromatic heterocycles. The molecule has 1 heterocycles. The van der Waals surface area contributed by atoms with Crippen molar-refractivity contribution in [1.82, 2.24) is 9.89 Å². The zero-order valence-electron chi connectivity index (χ0n) is 4.63. The van der Waals surface area contributed by atoms with Crippen molar-refractivity contribution in [3.8, 4) is 0 Å². The first-order valence-corrected chi connectivity index (χ1v) is 2.27. The fourth-order valence-electron chi connectivity index (χ4n) is 0.497. The van der Waals surface area contributed by atoms with Crippen LogP contribution in [0, 0.1) is 6.92 Å². The van der Waals surface area contributed by atoms with Gasteiger partial charge in [-0.3, -0.25) is 0 Å². The van der Waals surface area contributed by atoms with Crippen LogP contribution < -0.4 is 11.6 Å².